The third-order valence-electron chi connectivity index (χ3n) is 1.75. The number of hydrogen-bond acceptors (Lipinski definition) is 3. The Kier molecular flexibility index (Phi) is 4.01. The minimum Gasteiger partial charge on any atom is -0.493 e. The molecule has 1 aromatic rings. The molecular formula is C10H10F2N2O. The van der Waals surface area contributed by atoms with Gasteiger partial charge in [0.05, 0.1) is 18.7 Å². The molecule has 0 bridgehead atoms. The quantitative estimate of drug-likeness (QED) is 0.824. The van der Waals surface area contributed by atoms with Crippen molar-refractivity contribution in [1.29, 1.82) is 5.26 Å². The second kappa shape index (κ2) is 5.27. The van der Waals surface area contributed by atoms with Crippen molar-refractivity contribution in [2.45, 2.75) is 12.5 Å². The highest BCUT2D eigenvalue weighted by atomic mass is 19.2. The summed E-state index contributed by atoms with van der Waals surface area (Å²) >= 11 is 0. The second-order valence-electron chi connectivity index (χ2n) is 2.95. The summed E-state index contributed by atoms with van der Waals surface area (Å²) in [6, 6.07) is 4.48. The molecule has 0 saturated heterocycles. The lowest BCUT2D eigenvalue weighted by molar-refractivity contribution is 0.303. The van der Waals surface area contributed by atoms with Crippen molar-refractivity contribution in [3.05, 3.63) is 29.8 Å². The standard InChI is InChI=1S/C10H10F2N2O/c11-9-2-1-8(5-10(9)12)15-4-3-7(14)6-13/h1-2,5,7H,3-4,14H2. The Morgan fingerprint density at radius 3 is 2.73 bits per heavy atom. The van der Waals surface area contributed by atoms with Crippen molar-refractivity contribution in [2.75, 3.05) is 6.61 Å². The van der Waals surface area contributed by atoms with E-state index in [2.05, 4.69) is 0 Å². The Morgan fingerprint density at radius 1 is 1.40 bits per heavy atom. The molecule has 1 atom stereocenters. The van der Waals surface area contributed by atoms with Crippen LogP contribution in [-0.4, -0.2) is 12.6 Å². The van der Waals surface area contributed by atoms with Gasteiger partial charge in [-0.3, -0.25) is 0 Å². The largest absolute Gasteiger partial charge is 0.493 e. The van der Waals surface area contributed by atoms with Crippen molar-refractivity contribution in [2.24, 2.45) is 5.73 Å². The molecule has 5 heteroatoms. The minimum absolute atomic E-state index is 0.194. The molecule has 80 valence electrons. The lowest BCUT2D eigenvalue weighted by Crippen LogP contribution is -2.20. The molecule has 0 saturated carbocycles. The third-order valence-corrected chi connectivity index (χ3v) is 1.75. The fraction of sp³-hybridized carbons (Fsp3) is 0.300. The maximum Gasteiger partial charge on any atom is 0.162 e. The highest BCUT2D eigenvalue weighted by Crippen LogP contribution is 2.15. The topological polar surface area (TPSA) is 59.0 Å². The zero-order chi connectivity index (χ0) is 11.3. The first kappa shape index (κ1) is 11.4. The molecule has 0 aliphatic rings. The summed E-state index contributed by atoms with van der Waals surface area (Å²) in [5.74, 6) is -1.66. The molecule has 3 nitrogen and oxygen atoms in total. The summed E-state index contributed by atoms with van der Waals surface area (Å²) in [7, 11) is 0. The minimum atomic E-state index is -0.961. The molecule has 0 aliphatic carbocycles. The first-order valence-corrected chi connectivity index (χ1v) is 4.36. The van der Waals surface area contributed by atoms with Gasteiger partial charge in [-0.2, -0.15) is 5.26 Å². The van der Waals surface area contributed by atoms with Gasteiger partial charge in [0.1, 0.15) is 5.75 Å². The molecule has 0 spiro atoms. The van der Waals surface area contributed by atoms with Gasteiger partial charge in [-0.1, -0.05) is 0 Å². The Hall–Kier alpha value is -1.67. The first-order valence-electron chi connectivity index (χ1n) is 4.36. The number of nitriles is 1. The maximum absolute atomic E-state index is 12.7. The van der Waals surface area contributed by atoms with Gasteiger partial charge < -0.3 is 10.5 Å². The lowest BCUT2D eigenvalue weighted by atomic mass is 10.2. The fourth-order valence-corrected chi connectivity index (χ4v) is 0.935. The van der Waals surface area contributed by atoms with Crippen LogP contribution in [0.4, 0.5) is 8.78 Å². The van der Waals surface area contributed by atoms with Crippen LogP contribution in [0.15, 0.2) is 18.2 Å². The van der Waals surface area contributed by atoms with E-state index in [4.69, 9.17) is 15.7 Å². The molecule has 0 heterocycles. The third kappa shape index (κ3) is 3.52. The van der Waals surface area contributed by atoms with Crippen LogP contribution in [-0.2, 0) is 0 Å². The fourth-order valence-electron chi connectivity index (χ4n) is 0.935. The number of nitrogens with zero attached hydrogens (tertiary/aromatic N) is 1. The zero-order valence-electron chi connectivity index (χ0n) is 7.91. The summed E-state index contributed by atoms with van der Waals surface area (Å²) in [4.78, 5) is 0. The van der Waals surface area contributed by atoms with Gasteiger partial charge >= 0.3 is 0 Å². The van der Waals surface area contributed by atoms with Crippen LogP contribution in [0.1, 0.15) is 6.42 Å². The lowest BCUT2D eigenvalue weighted by Gasteiger charge is -2.06. The van der Waals surface area contributed by atoms with Gasteiger partial charge in [-0.15, -0.1) is 0 Å². The predicted molar refractivity (Wildman–Crippen MR) is 50.1 cm³/mol. The van der Waals surface area contributed by atoms with E-state index in [1.165, 1.54) is 6.07 Å². The van der Waals surface area contributed by atoms with Crippen LogP contribution in [0.25, 0.3) is 0 Å². The average Bonchev–Trinajstić information content (AvgIpc) is 2.23. The van der Waals surface area contributed by atoms with Gasteiger partial charge in [-0.05, 0) is 12.1 Å². The SMILES string of the molecule is N#CC(N)CCOc1ccc(F)c(F)c1. The number of nitrogens with two attached hydrogens (primary N) is 1. The van der Waals surface area contributed by atoms with Crippen LogP contribution in [0.3, 0.4) is 0 Å². The molecule has 2 N–H and O–H groups in total. The van der Waals surface area contributed by atoms with Gasteiger partial charge in [0, 0.05) is 12.5 Å². The number of hydrogen-bond donors (Lipinski definition) is 1. The van der Waals surface area contributed by atoms with Crippen molar-refractivity contribution < 1.29 is 13.5 Å². The molecule has 0 amide bonds. The molecule has 1 unspecified atom stereocenters. The van der Waals surface area contributed by atoms with Crippen LogP contribution >= 0.6 is 0 Å². The van der Waals surface area contributed by atoms with Gasteiger partial charge in [0.2, 0.25) is 0 Å². The Balaban J connectivity index is 2.45. The van der Waals surface area contributed by atoms with Crippen LogP contribution in [0.2, 0.25) is 0 Å². The highest BCUT2D eigenvalue weighted by Gasteiger charge is 2.04. The van der Waals surface area contributed by atoms with E-state index in [1.807, 2.05) is 6.07 Å². The molecule has 0 fully saturated rings. The normalized spacial score (nSPS) is 11.9. The van der Waals surface area contributed by atoms with Crippen molar-refractivity contribution in [1.82, 2.24) is 0 Å². The molecule has 1 rings (SSSR count). The molecule has 1 aromatic carbocycles. The predicted octanol–water partition coefficient (Wildman–Crippen LogP) is 1.58. The van der Waals surface area contributed by atoms with Gasteiger partial charge in [0.15, 0.2) is 11.6 Å². The molecule has 0 radical (unpaired) electrons. The van der Waals surface area contributed by atoms with Crippen molar-refractivity contribution in [3.8, 4) is 11.8 Å². The second-order valence-corrected chi connectivity index (χ2v) is 2.95. The van der Waals surface area contributed by atoms with E-state index in [1.54, 1.807) is 0 Å². The van der Waals surface area contributed by atoms with Gasteiger partial charge in [0.25, 0.3) is 0 Å². The summed E-state index contributed by atoms with van der Waals surface area (Å²) < 4.78 is 30.3. The van der Waals surface area contributed by atoms with E-state index < -0.39 is 17.7 Å². The molecular weight excluding hydrogens is 202 g/mol. The van der Waals surface area contributed by atoms with Crippen molar-refractivity contribution in [3.63, 3.8) is 0 Å². The van der Waals surface area contributed by atoms with E-state index in [9.17, 15) is 8.78 Å². The van der Waals surface area contributed by atoms with E-state index in [-0.39, 0.29) is 12.4 Å². The number of halogens is 2. The molecule has 15 heavy (non-hydrogen) atoms. The van der Waals surface area contributed by atoms with E-state index in [0.29, 0.717) is 6.42 Å². The van der Waals surface area contributed by atoms with Crippen LogP contribution in [0.5, 0.6) is 5.75 Å². The number of ether oxygens (including phenoxy) is 1. The zero-order valence-corrected chi connectivity index (χ0v) is 7.91. The first-order chi connectivity index (χ1) is 7.13. The average molecular weight is 212 g/mol. The Morgan fingerprint density at radius 2 is 2.13 bits per heavy atom. The smallest absolute Gasteiger partial charge is 0.162 e. The Labute approximate surface area is 86.1 Å². The number of benzene rings is 1. The summed E-state index contributed by atoms with van der Waals surface area (Å²) in [6.07, 6.45) is 0.343. The summed E-state index contributed by atoms with van der Waals surface area (Å²) in [5, 5.41) is 8.37. The van der Waals surface area contributed by atoms with E-state index >= 15 is 0 Å². The number of rotatable bonds is 4. The molecule has 0 aliphatic heterocycles. The summed E-state index contributed by atoms with van der Waals surface area (Å²) in [6.45, 7) is 0.194. The van der Waals surface area contributed by atoms with Crippen LogP contribution < -0.4 is 10.5 Å². The summed E-state index contributed by atoms with van der Waals surface area (Å²) in [5.41, 5.74) is 5.32. The Bertz CT molecular complexity index is 376. The van der Waals surface area contributed by atoms with Crippen molar-refractivity contribution >= 4 is 0 Å². The maximum atomic E-state index is 12.7. The monoisotopic (exact) mass is 212 g/mol. The van der Waals surface area contributed by atoms with Crippen LogP contribution in [0, 0.1) is 23.0 Å². The van der Waals surface area contributed by atoms with Gasteiger partial charge in [-0.25, -0.2) is 8.78 Å². The highest BCUT2D eigenvalue weighted by molar-refractivity contribution is 5.23. The molecule has 0 aromatic heterocycles. The van der Waals surface area contributed by atoms with E-state index in [0.717, 1.165) is 12.1 Å².